The molecule has 0 bridgehead atoms. The fraction of sp³-hybridized carbons (Fsp3) is 0.861. The zero-order chi connectivity index (χ0) is 31.9. The molecule has 0 saturated heterocycles. The average Bonchev–Trinajstić information content (AvgIpc) is 2.96. The number of hydrogen-bond donors (Lipinski definition) is 2. The van der Waals surface area contributed by atoms with Crippen molar-refractivity contribution in [1.82, 2.24) is 0 Å². The van der Waals surface area contributed by atoms with E-state index in [0.717, 1.165) is 69.2 Å². The maximum atomic E-state index is 11.0. The van der Waals surface area contributed by atoms with E-state index in [0.29, 0.717) is 19.3 Å². The van der Waals surface area contributed by atoms with Crippen molar-refractivity contribution in [2.24, 2.45) is 0 Å². The van der Waals surface area contributed by atoms with Crippen molar-refractivity contribution < 1.29 is 34.2 Å². The zero-order valence-electron chi connectivity index (χ0n) is 27.8. The van der Waals surface area contributed by atoms with Gasteiger partial charge in [-0.15, -0.1) is 0 Å². The lowest BCUT2D eigenvalue weighted by Gasteiger charge is -2.39. The van der Waals surface area contributed by atoms with E-state index in [2.05, 4.69) is 19.1 Å². The summed E-state index contributed by atoms with van der Waals surface area (Å²) in [6.07, 6.45) is 31.5. The third-order valence-corrected chi connectivity index (χ3v) is 8.70. The van der Waals surface area contributed by atoms with Crippen LogP contribution in [0.2, 0.25) is 0 Å². The largest absolute Gasteiger partial charge is 0.550 e. The van der Waals surface area contributed by atoms with Crippen LogP contribution in [0, 0.1) is 0 Å². The molecule has 2 N–H and O–H groups in total. The standard InChI is InChI=1S/C36H67NO6/c1-2-3-4-5-6-7-8-9-10-11-12-13-14-15-16-17-18-19-23-30-37(31-24-20-27-34(38)39,32-25-21-28-35(40)41)33-26-22-29-36(42)43/h13-14H,2-12,15-33H2,1H3,(H2-,38,39,40,41,42,43)/b14-13+. The van der Waals surface area contributed by atoms with Crippen molar-refractivity contribution in [3.63, 3.8) is 0 Å². The van der Waals surface area contributed by atoms with Crippen LogP contribution >= 0.6 is 0 Å². The fourth-order valence-electron chi connectivity index (χ4n) is 6.06. The third kappa shape index (κ3) is 29.9. The second-order valence-electron chi connectivity index (χ2n) is 12.8. The Bertz CT molecular complexity index is 653. The number of rotatable bonds is 34. The smallest absolute Gasteiger partial charge is 0.303 e. The van der Waals surface area contributed by atoms with Crippen molar-refractivity contribution in [2.75, 3.05) is 26.2 Å². The number of hydrogen-bond acceptors (Lipinski definition) is 4. The number of allylic oxidation sites excluding steroid dienone is 2. The maximum Gasteiger partial charge on any atom is 0.303 e. The predicted octanol–water partition coefficient (Wildman–Crippen LogP) is 8.44. The van der Waals surface area contributed by atoms with Crippen molar-refractivity contribution in [3.05, 3.63) is 12.2 Å². The van der Waals surface area contributed by atoms with Crippen LogP contribution in [0.15, 0.2) is 12.2 Å². The first-order valence-electron chi connectivity index (χ1n) is 17.9. The summed E-state index contributed by atoms with van der Waals surface area (Å²) < 4.78 is 0.841. The molecule has 0 aliphatic heterocycles. The van der Waals surface area contributed by atoms with Gasteiger partial charge in [0.1, 0.15) is 0 Å². The Morgan fingerprint density at radius 2 is 0.814 bits per heavy atom. The van der Waals surface area contributed by atoms with Gasteiger partial charge in [-0.1, -0.05) is 89.7 Å². The van der Waals surface area contributed by atoms with Crippen LogP contribution in [0.3, 0.4) is 0 Å². The highest BCUT2D eigenvalue weighted by Gasteiger charge is 2.26. The van der Waals surface area contributed by atoms with Gasteiger partial charge in [0.25, 0.3) is 0 Å². The Kier molecular flexibility index (Phi) is 28.8. The van der Waals surface area contributed by atoms with E-state index >= 15 is 0 Å². The van der Waals surface area contributed by atoms with Crippen molar-refractivity contribution >= 4 is 17.9 Å². The van der Waals surface area contributed by atoms with Gasteiger partial charge in [-0.05, 0) is 83.5 Å². The summed E-state index contributed by atoms with van der Waals surface area (Å²) >= 11 is 0. The van der Waals surface area contributed by atoms with Gasteiger partial charge in [0, 0.05) is 18.8 Å². The highest BCUT2D eigenvalue weighted by molar-refractivity contribution is 5.66. The first kappa shape index (κ1) is 41.1. The molecule has 0 aromatic rings. The molecular formula is C36H67NO6. The summed E-state index contributed by atoms with van der Waals surface area (Å²) in [5, 5.41) is 29.0. The second-order valence-corrected chi connectivity index (χ2v) is 12.8. The predicted molar refractivity (Wildman–Crippen MR) is 175 cm³/mol. The summed E-state index contributed by atoms with van der Waals surface area (Å²) in [4.78, 5) is 32.9. The number of nitrogens with zero attached hydrogens (tertiary/aromatic N) is 1. The molecular weight excluding hydrogens is 542 g/mol. The van der Waals surface area contributed by atoms with E-state index in [1.54, 1.807) is 0 Å². The molecule has 0 fully saturated rings. The Balaban J connectivity index is 4.33. The average molecular weight is 610 g/mol. The van der Waals surface area contributed by atoms with Gasteiger partial charge < -0.3 is 24.6 Å². The summed E-state index contributed by atoms with van der Waals surface area (Å²) in [6.45, 7) is 5.86. The monoisotopic (exact) mass is 609 g/mol. The molecule has 7 heteroatoms. The molecule has 0 amide bonds. The van der Waals surface area contributed by atoms with Crippen LogP contribution in [-0.4, -0.2) is 58.8 Å². The van der Waals surface area contributed by atoms with Crippen molar-refractivity contribution in [3.8, 4) is 0 Å². The van der Waals surface area contributed by atoms with Crippen LogP contribution in [0.1, 0.15) is 174 Å². The van der Waals surface area contributed by atoms with E-state index in [4.69, 9.17) is 10.2 Å². The lowest BCUT2D eigenvalue weighted by atomic mass is 10.1. The molecule has 0 aromatic heterocycles. The molecule has 0 heterocycles. The number of carbonyl (C=O) groups excluding carboxylic acids is 1. The molecule has 0 aliphatic carbocycles. The van der Waals surface area contributed by atoms with E-state index < -0.39 is 17.9 Å². The van der Waals surface area contributed by atoms with Crippen LogP contribution in [-0.2, 0) is 14.4 Å². The van der Waals surface area contributed by atoms with E-state index in [1.165, 1.54) is 89.9 Å². The molecule has 0 atom stereocenters. The number of carboxylic acids is 3. The summed E-state index contributed by atoms with van der Waals surface area (Å²) in [6, 6.07) is 0. The van der Waals surface area contributed by atoms with Crippen LogP contribution < -0.4 is 5.11 Å². The van der Waals surface area contributed by atoms with E-state index in [-0.39, 0.29) is 19.3 Å². The topological polar surface area (TPSA) is 115 Å². The first-order chi connectivity index (χ1) is 20.8. The van der Waals surface area contributed by atoms with Crippen molar-refractivity contribution in [2.45, 2.75) is 174 Å². The first-order valence-corrected chi connectivity index (χ1v) is 17.9. The van der Waals surface area contributed by atoms with Crippen LogP contribution in [0.5, 0.6) is 0 Å². The van der Waals surface area contributed by atoms with Crippen molar-refractivity contribution in [1.29, 1.82) is 0 Å². The highest BCUT2D eigenvalue weighted by Crippen LogP contribution is 2.19. The molecule has 43 heavy (non-hydrogen) atoms. The zero-order valence-corrected chi connectivity index (χ0v) is 27.8. The number of quaternary nitrogens is 1. The van der Waals surface area contributed by atoms with Gasteiger partial charge in [-0.3, -0.25) is 9.59 Å². The number of carboxylic acid groups (broad SMARTS) is 3. The van der Waals surface area contributed by atoms with Gasteiger partial charge in [0.2, 0.25) is 0 Å². The van der Waals surface area contributed by atoms with Gasteiger partial charge in [0.05, 0.1) is 26.2 Å². The normalized spacial score (nSPS) is 11.8. The fourth-order valence-corrected chi connectivity index (χ4v) is 6.06. The lowest BCUT2D eigenvalue weighted by Crippen LogP contribution is -2.51. The molecule has 252 valence electrons. The molecule has 0 radical (unpaired) electrons. The third-order valence-electron chi connectivity index (χ3n) is 8.70. The minimum absolute atomic E-state index is 0.0612. The summed E-state index contributed by atoms with van der Waals surface area (Å²) in [5.41, 5.74) is 0. The molecule has 0 unspecified atom stereocenters. The SMILES string of the molecule is CCCCCCCCCCCC/C=C/CCCCCCC[N+](CCCCC(=O)[O-])(CCCCC(=O)O)CCCCC(=O)O. The summed E-state index contributed by atoms with van der Waals surface area (Å²) in [5.74, 6) is -2.57. The van der Waals surface area contributed by atoms with Crippen LogP contribution in [0.25, 0.3) is 0 Å². The lowest BCUT2D eigenvalue weighted by molar-refractivity contribution is -0.929. The molecule has 0 aliphatic rings. The Hall–Kier alpha value is -1.89. The van der Waals surface area contributed by atoms with E-state index in [9.17, 15) is 19.5 Å². The van der Waals surface area contributed by atoms with Gasteiger partial charge in [0.15, 0.2) is 0 Å². The molecule has 0 saturated carbocycles. The molecule has 7 nitrogen and oxygen atoms in total. The van der Waals surface area contributed by atoms with Gasteiger partial charge in [-0.2, -0.15) is 0 Å². The Morgan fingerprint density at radius 3 is 1.19 bits per heavy atom. The number of aliphatic carboxylic acids is 3. The van der Waals surface area contributed by atoms with Gasteiger partial charge >= 0.3 is 11.9 Å². The quantitative estimate of drug-likeness (QED) is 0.0430. The number of unbranched alkanes of at least 4 members (excludes halogenated alkanes) is 18. The van der Waals surface area contributed by atoms with E-state index in [1.807, 2.05) is 0 Å². The minimum atomic E-state index is -1.02. The minimum Gasteiger partial charge on any atom is -0.550 e. The Labute approximate surface area is 264 Å². The Morgan fingerprint density at radius 1 is 0.488 bits per heavy atom. The molecule has 0 rings (SSSR count). The molecule has 0 spiro atoms. The second kappa shape index (κ2) is 30.1. The van der Waals surface area contributed by atoms with Gasteiger partial charge in [-0.25, -0.2) is 0 Å². The number of carbonyl (C=O) groups is 3. The highest BCUT2D eigenvalue weighted by atomic mass is 16.4. The maximum absolute atomic E-state index is 11.0. The molecule has 0 aromatic carbocycles. The summed E-state index contributed by atoms with van der Waals surface area (Å²) in [7, 11) is 0. The van der Waals surface area contributed by atoms with Crippen LogP contribution in [0.4, 0.5) is 0 Å².